The van der Waals surface area contributed by atoms with Gasteiger partial charge in [0.2, 0.25) is 0 Å². The van der Waals surface area contributed by atoms with Gasteiger partial charge >= 0.3 is 0 Å². The van der Waals surface area contributed by atoms with Gasteiger partial charge in [0.15, 0.2) is 0 Å². The van der Waals surface area contributed by atoms with Crippen molar-refractivity contribution in [2.75, 3.05) is 6.54 Å². The number of carbonyl (C=O) groups excluding carboxylic acids is 1. The maximum Gasteiger partial charge on any atom is 0.126 e. The molecule has 0 spiro atoms. The molecule has 1 heterocycles. The lowest BCUT2D eigenvalue weighted by atomic mass is 9.33. The van der Waals surface area contributed by atoms with Crippen molar-refractivity contribution in [3.05, 3.63) is 12.2 Å². The summed E-state index contributed by atoms with van der Waals surface area (Å²) in [5, 5.41) is 3.87. The molecule has 0 aromatic carbocycles. The van der Waals surface area contributed by atoms with Gasteiger partial charge in [-0.05, 0) is 131 Å². The van der Waals surface area contributed by atoms with Gasteiger partial charge in [-0.1, -0.05) is 32.9 Å². The first-order chi connectivity index (χ1) is 14.5. The Morgan fingerprint density at radius 2 is 1.61 bits per heavy atom. The molecule has 5 fully saturated rings. The molecule has 174 valence electrons. The minimum absolute atomic E-state index is 0.0607. The van der Waals surface area contributed by atoms with Crippen molar-refractivity contribution >= 4 is 6.29 Å². The van der Waals surface area contributed by atoms with E-state index < -0.39 is 0 Å². The summed E-state index contributed by atoms with van der Waals surface area (Å²) in [4.78, 5) is 12.5. The normalized spacial score (nSPS) is 55.4. The van der Waals surface area contributed by atoms with E-state index in [4.69, 9.17) is 0 Å². The maximum absolute atomic E-state index is 12.5. The van der Waals surface area contributed by atoms with Crippen LogP contribution in [0.1, 0.15) is 99.3 Å². The lowest BCUT2D eigenvalue weighted by Crippen LogP contribution is -2.69. The van der Waals surface area contributed by atoms with E-state index in [1.807, 2.05) is 0 Å². The van der Waals surface area contributed by atoms with Crippen LogP contribution in [0.3, 0.4) is 0 Å². The number of allylic oxidation sites excluding steroid dienone is 1. The summed E-state index contributed by atoms with van der Waals surface area (Å²) >= 11 is 0. The van der Waals surface area contributed by atoms with E-state index in [-0.39, 0.29) is 11.0 Å². The van der Waals surface area contributed by atoms with Crippen molar-refractivity contribution in [3.63, 3.8) is 0 Å². The molecule has 4 saturated carbocycles. The number of piperidine rings is 1. The number of aldehydes is 1. The fourth-order valence-electron chi connectivity index (χ4n) is 11.1. The van der Waals surface area contributed by atoms with Crippen LogP contribution in [-0.2, 0) is 4.79 Å². The summed E-state index contributed by atoms with van der Waals surface area (Å²) in [5.41, 5.74) is 2.72. The zero-order valence-corrected chi connectivity index (χ0v) is 21.2. The molecule has 0 radical (unpaired) electrons. The van der Waals surface area contributed by atoms with Crippen molar-refractivity contribution in [1.29, 1.82) is 0 Å². The van der Waals surface area contributed by atoms with E-state index in [2.05, 4.69) is 53.4 Å². The van der Waals surface area contributed by atoms with Crippen LogP contribution in [0.25, 0.3) is 0 Å². The molecule has 0 aromatic heterocycles. The molecule has 4 aliphatic carbocycles. The zero-order valence-electron chi connectivity index (χ0n) is 21.2. The first kappa shape index (κ1) is 22.2. The SMILES string of the molecule is C=C(C)[C@@H]1CC[C@]2(C=O)CC[C@]3(C)[C@H](CC[C@@H]4[C@@]5(C)CCNC(C)(C)[C@@H]5CC[C@]43C)C12. The van der Waals surface area contributed by atoms with Gasteiger partial charge in [-0.3, -0.25) is 0 Å². The Morgan fingerprint density at radius 1 is 0.871 bits per heavy atom. The second kappa shape index (κ2) is 6.71. The smallest absolute Gasteiger partial charge is 0.126 e. The first-order valence-corrected chi connectivity index (χ1v) is 13.3. The highest BCUT2D eigenvalue weighted by Gasteiger charge is 2.70. The van der Waals surface area contributed by atoms with E-state index in [0.717, 1.165) is 24.7 Å². The van der Waals surface area contributed by atoms with Crippen LogP contribution < -0.4 is 5.32 Å². The number of fused-ring (bicyclic) bond motifs is 7. The highest BCUT2D eigenvalue weighted by Crippen LogP contribution is 2.76. The van der Waals surface area contributed by atoms with E-state index >= 15 is 0 Å². The molecule has 1 N–H and O–H groups in total. The number of nitrogens with one attached hydrogen (secondary N) is 1. The van der Waals surface area contributed by atoms with Crippen molar-refractivity contribution in [1.82, 2.24) is 5.32 Å². The average molecular weight is 426 g/mol. The average Bonchev–Trinajstić information content (AvgIpc) is 3.08. The molecule has 2 heteroatoms. The molecule has 9 atom stereocenters. The van der Waals surface area contributed by atoms with Gasteiger partial charge in [-0.25, -0.2) is 0 Å². The minimum Gasteiger partial charge on any atom is -0.311 e. The van der Waals surface area contributed by atoms with Crippen LogP contribution in [0, 0.1) is 51.2 Å². The Balaban J connectivity index is 1.56. The van der Waals surface area contributed by atoms with Gasteiger partial charge in [0.1, 0.15) is 6.29 Å². The lowest BCUT2D eigenvalue weighted by Gasteiger charge is -2.72. The lowest BCUT2D eigenvalue weighted by molar-refractivity contribution is -0.227. The Morgan fingerprint density at radius 3 is 2.29 bits per heavy atom. The number of rotatable bonds is 2. The molecule has 0 aromatic rings. The van der Waals surface area contributed by atoms with Crippen molar-refractivity contribution < 1.29 is 4.79 Å². The molecule has 5 rings (SSSR count). The summed E-state index contributed by atoms with van der Waals surface area (Å²) in [6.07, 6.45) is 12.8. The third-order valence-corrected chi connectivity index (χ3v) is 12.7. The van der Waals surface area contributed by atoms with Crippen LogP contribution in [0.4, 0.5) is 0 Å². The predicted molar refractivity (Wildman–Crippen MR) is 129 cm³/mol. The third kappa shape index (κ3) is 2.64. The fraction of sp³-hybridized carbons (Fsp3) is 0.897. The van der Waals surface area contributed by atoms with E-state index in [0.29, 0.717) is 34.0 Å². The summed E-state index contributed by atoms with van der Waals surface area (Å²) in [6.45, 7) is 20.8. The molecule has 31 heavy (non-hydrogen) atoms. The van der Waals surface area contributed by atoms with Gasteiger partial charge in [0, 0.05) is 11.0 Å². The van der Waals surface area contributed by atoms with Crippen LogP contribution in [0.15, 0.2) is 12.2 Å². The maximum atomic E-state index is 12.5. The summed E-state index contributed by atoms with van der Waals surface area (Å²) in [7, 11) is 0. The molecule has 5 aliphatic rings. The van der Waals surface area contributed by atoms with Gasteiger partial charge in [0.25, 0.3) is 0 Å². The monoisotopic (exact) mass is 425 g/mol. The number of hydrogen-bond donors (Lipinski definition) is 1. The first-order valence-electron chi connectivity index (χ1n) is 13.3. The molecule has 1 saturated heterocycles. The van der Waals surface area contributed by atoms with E-state index in [1.54, 1.807) is 0 Å². The Labute approximate surface area is 191 Å². The summed E-state index contributed by atoms with van der Waals surface area (Å²) < 4.78 is 0. The largest absolute Gasteiger partial charge is 0.311 e. The molecule has 1 unspecified atom stereocenters. The standard InChI is InChI=1S/C29H47NO/c1-19(2)20-10-13-29(18-31)15-14-27(6)21(24(20)29)8-9-23-26(5)16-17-30-25(3,4)22(26)11-12-28(23,27)7/h18,20-24,30H,1,8-17H2,2-7H3/t20-,21+,22-,23+,24?,26-,27+,28+,29+/m0/s1. The highest BCUT2D eigenvalue weighted by molar-refractivity contribution is 5.62. The van der Waals surface area contributed by atoms with E-state index in [1.165, 1.54) is 63.3 Å². The van der Waals surface area contributed by atoms with Crippen molar-refractivity contribution in [2.24, 2.45) is 51.2 Å². The fourth-order valence-corrected chi connectivity index (χ4v) is 11.1. The van der Waals surface area contributed by atoms with Crippen LogP contribution in [-0.4, -0.2) is 18.4 Å². The van der Waals surface area contributed by atoms with E-state index in [9.17, 15) is 4.79 Å². The van der Waals surface area contributed by atoms with Gasteiger partial charge in [0.05, 0.1) is 0 Å². The second-order valence-electron chi connectivity index (χ2n) is 13.9. The van der Waals surface area contributed by atoms with Crippen LogP contribution in [0.5, 0.6) is 0 Å². The molecule has 2 nitrogen and oxygen atoms in total. The van der Waals surface area contributed by atoms with Gasteiger partial charge < -0.3 is 10.1 Å². The molecular formula is C29H47NO. The quantitative estimate of drug-likeness (QED) is 0.389. The van der Waals surface area contributed by atoms with Crippen molar-refractivity contribution in [2.45, 2.75) is 105 Å². The molecule has 1 aliphatic heterocycles. The Kier molecular flexibility index (Phi) is 4.80. The molecule has 0 amide bonds. The van der Waals surface area contributed by atoms with Crippen LogP contribution in [0.2, 0.25) is 0 Å². The van der Waals surface area contributed by atoms with Gasteiger partial charge in [-0.15, -0.1) is 0 Å². The Bertz CT molecular complexity index is 786. The van der Waals surface area contributed by atoms with Gasteiger partial charge in [-0.2, -0.15) is 0 Å². The number of hydrogen-bond acceptors (Lipinski definition) is 2. The Hall–Kier alpha value is -0.630. The topological polar surface area (TPSA) is 29.1 Å². The van der Waals surface area contributed by atoms with Crippen LogP contribution >= 0.6 is 0 Å². The highest BCUT2D eigenvalue weighted by atomic mass is 16.1. The predicted octanol–water partition coefficient (Wildman–Crippen LogP) is 6.79. The van der Waals surface area contributed by atoms with Crippen molar-refractivity contribution in [3.8, 4) is 0 Å². The third-order valence-electron chi connectivity index (χ3n) is 12.7. The zero-order chi connectivity index (χ0) is 22.4. The summed E-state index contributed by atoms with van der Waals surface area (Å²) in [5.74, 6) is 3.37. The number of carbonyl (C=O) groups is 1. The molecule has 0 bridgehead atoms. The second-order valence-corrected chi connectivity index (χ2v) is 13.9. The summed E-state index contributed by atoms with van der Waals surface area (Å²) in [6, 6.07) is 0. The minimum atomic E-state index is -0.0607. The molecular weight excluding hydrogens is 378 g/mol.